The maximum absolute atomic E-state index is 8.99. The van der Waals surface area contributed by atoms with Gasteiger partial charge in [-0.3, -0.25) is 14.9 Å². The van der Waals surface area contributed by atoms with Crippen molar-refractivity contribution in [3.8, 4) is 0 Å². The minimum absolute atomic E-state index is 0.249. The average Bonchev–Trinajstić information content (AvgIpc) is 2.47. The molecule has 22 heavy (non-hydrogen) atoms. The molecule has 118 valence electrons. The van der Waals surface area contributed by atoms with E-state index in [9.17, 15) is 0 Å². The van der Waals surface area contributed by atoms with Crippen molar-refractivity contribution in [3.63, 3.8) is 0 Å². The van der Waals surface area contributed by atoms with E-state index in [0.29, 0.717) is 0 Å². The SMILES string of the molecule is Cc1cccc(CN(CCCCO)Cc2cccc(C)n2)n1. The molecule has 0 bridgehead atoms. The Morgan fingerprint density at radius 1 is 0.864 bits per heavy atom. The number of aryl methyl sites for hydroxylation is 2. The number of nitrogens with zero attached hydrogens (tertiary/aromatic N) is 3. The summed E-state index contributed by atoms with van der Waals surface area (Å²) in [6, 6.07) is 12.3. The number of aliphatic hydroxyl groups excluding tert-OH is 1. The number of pyridine rings is 2. The minimum Gasteiger partial charge on any atom is -0.396 e. The van der Waals surface area contributed by atoms with Crippen molar-refractivity contribution in [1.82, 2.24) is 14.9 Å². The van der Waals surface area contributed by atoms with E-state index < -0.39 is 0 Å². The molecule has 0 unspecified atom stereocenters. The molecule has 0 saturated carbocycles. The second-order valence-corrected chi connectivity index (χ2v) is 5.68. The largest absolute Gasteiger partial charge is 0.396 e. The van der Waals surface area contributed by atoms with Crippen LogP contribution >= 0.6 is 0 Å². The highest BCUT2D eigenvalue weighted by Crippen LogP contribution is 2.10. The molecule has 0 aliphatic heterocycles. The van der Waals surface area contributed by atoms with E-state index in [1.807, 2.05) is 26.0 Å². The Kier molecular flexibility index (Phi) is 6.49. The maximum atomic E-state index is 8.99. The van der Waals surface area contributed by atoms with E-state index in [1.165, 1.54) is 0 Å². The first kappa shape index (κ1) is 16.6. The third kappa shape index (κ3) is 5.54. The van der Waals surface area contributed by atoms with Crippen LogP contribution in [0.15, 0.2) is 36.4 Å². The lowest BCUT2D eigenvalue weighted by Gasteiger charge is -2.22. The third-order valence-corrected chi connectivity index (χ3v) is 3.55. The van der Waals surface area contributed by atoms with Gasteiger partial charge in [-0.15, -0.1) is 0 Å². The van der Waals surface area contributed by atoms with Gasteiger partial charge in [0.2, 0.25) is 0 Å². The third-order valence-electron chi connectivity index (χ3n) is 3.55. The predicted molar refractivity (Wildman–Crippen MR) is 88.4 cm³/mol. The lowest BCUT2D eigenvalue weighted by Crippen LogP contribution is -2.25. The van der Waals surface area contributed by atoms with E-state index in [2.05, 4.69) is 39.1 Å². The number of hydrogen-bond donors (Lipinski definition) is 1. The van der Waals surface area contributed by atoms with E-state index >= 15 is 0 Å². The van der Waals surface area contributed by atoms with Crippen molar-refractivity contribution in [1.29, 1.82) is 0 Å². The van der Waals surface area contributed by atoms with Gasteiger partial charge in [0.15, 0.2) is 0 Å². The molecule has 0 aromatic carbocycles. The molecule has 0 aliphatic rings. The van der Waals surface area contributed by atoms with E-state index in [0.717, 1.165) is 55.3 Å². The molecule has 0 aliphatic carbocycles. The van der Waals surface area contributed by atoms with Crippen LogP contribution in [0.25, 0.3) is 0 Å². The van der Waals surface area contributed by atoms with Crippen LogP contribution in [0.2, 0.25) is 0 Å². The number of rotatable bonds is 8. The zero-order chi connectivity index (χ0) is 15.8. The Balaban J connectivity index is 2.04. The second kappa shape index (κ2) is 8.61. The van der Waals surface area contributed by atoms with Gasteiger partial charge in [0.1, 0.15) is 0 Å². The number of aliphatic hydroxyl groups is 1. The second-order valence-electron chi connectivity index (χ2n) is 5.68. The van der Waals surface area contributed by atoms with Crippen LogP contribution < -0.4 is 0 Å². The molecule has 0 fully saturated rings. The Labute approximate surface area is 132 Å². The molecule has 0 spiro atoms. The number of hydrogen-bond acceptors (Lipinski definition) is 4. The van der Waals surface area contributed by atoms with Gasteiger partial charge in [0.05, 0.1) is 11.4 Å². The van der Waals surface area contributed by atoms with Crippen LogP contribution in [0.1, 0.15) is 35.6 Å². The summed E-state index contributed by atoms with van der Waals surface area (Å²) in [6.45, 7) is 6.83. The van der Waals surface area contributed by atoms with Gasteiger partial charge in [-0.05, 0) is 57.5 Å². The summed E-state index contributed by atoms with van der Waals surface area (Å²) in [5, 5.41) is 8.99. The summed E-state index contributed by atoms with van der Waals surface area (Å²) in [5.74, 6) is 0. The minimum atomic E-state index is 0.249. The van der Waals surface area contributed by atoms with Crippen LogP contribution in [-0.2, 0) is 13.1 Å². The molecule has 2 aromatic heterocycles. The standard InChI is InChI=1S/C18H25N3O/c1-15-7-5-9-17(19-15)13-21(11-3-4-12-22)14-18-10-6-8-16(2)20-18/h5-10,22H,3-4,11-14H2,1-2H3. The lowest BCUT2D eigenvalue weighted by molar-refractivity contribution is 0.226. The zero-order valence-corrected chi connectivity index (χ0v) is 13.5. The highest BCUT2D eigenvalue weighted by atomic mass is 16.2. The van der Waals surface area contributed by atoms with Gasteiger partial charge in [-0.2, -0.15) is 0 Å². The van der Waals surface area contributed by atoms with E-state index in [1.54, 1.807) is 0 Å². The summed E-state index contributed by atoms with van der Waals surface area (Å²) >= 11 is 0. The normalized spacial score (nSPS) is 11.1. The fourth-order valence-electron chi connectivity index (χ4n) is 2.49. The molecule has 0 amide bonds. The molecule has 0 atom stereocenters. The van der Waals surface area contributed by atoms with E-state index in [4.69, 9.17) is 5.11 Å². The van der Waals surface area contributed by atoms with Crippen LogP contribution in [0, 0.1) is 13.8 Å². The summed E-state index contributed by atoms with van der Waals surface area (Å²) < 4.78 is 0. The number of aromatic nitrogens is 2. The van der Waals surface area contributed by atoms with Gasteiger partial charge in [-0.25, -0.2) is 0 Å². The Bertz CT molecular complexity index is 539. The summed E-state index contributed by atoms with van der Waals surface area (Å²) in [5.41, 5.74) is 4.25. The van der Waals surface area contributed by atoms with Crippen molar-refractivity contribution in [2.75, 3.05) is 13.2 Å². The molecule has 0 radical (unpaired) electrons. The Hall–Kier alpha value is -1.78. The van der Waals surface area contributed by atoms with Gasteiger partial charge >= 0.3 is 0 Å². The monoisotopic (exact) mass is 299 g/mol. The van der Waals surface area contributed by atoms with Crippen LogP contribution in [0.3, 0.4) is 0 Å². The van der Waals surface area contributed by atoms with Crippen LogP contribution in [0.5, 0.6) is 0 Å². The molecule has 4 nitrogen and oxygen atoms in total. The molecular weight excluding hydrogens is 274 g/mol. The molecule has 4 heteroatoms. The fourth-order valence-corrected chi connectivity index (χ4v) is 2.49. The summed E-state index contributed by atoms with van der Waals surface area (Å²) in [4.78, 5) is 11.5. The highest BCUT2D eigenvalue weighted by molar-refractivity contribution is 5.12. The van der Waals surface area contributed by atoms with Gasteiger partial charge in [0.25, 0.3) is 0 Å². The first-order chi connectivity index (χ1) is 10.7. The van der Waals surface area contributed by atoms with Gasteiger partial charge < -0.3 is 5.11 Å². The predicted octanol–water partition coefficient (Wildman–Crippen LogP) is 2.87. The Morgan fingerprint density at radius 2 is 1.41 bits per heavy atom. The molecule has 2 heterocycles. The molecule has 1 N–H and O–H groups in total. The highest BCUT2D eigenvalue weighted by Gasteiger charge is 2.09. The maximum Gasteiger partial charge on any atom is 0.0547 e. The van der Waals surface area contributed by atoms with Crippen LogP contribution in [0.4, 0.5) is 0 Å². The molecule has 2 aromatic rings. The van der Waals surface area contributed by atoms with Crippen molar-refractivity contribution in [2.45, 2.75) is 39.8 Å². The molecule has 2 rings (SSSR count). The first-order valence-electron chi connectivity index (χ1n) is 7.85. The average molecular weight is 299 g/mol. The van der Waals surface area contributed by atoms with Gasteiger partial charge in [-0.1, -0.05) is 12.1 Å². The smallest absolute Gasteiger partial charge is 0.0547 e. The molecule has 0 saturated heterocycles. The first-order valence-corrected chi connectivity index (χ1v) is 7.85. The van der Waals surface area contributed by atoms with Crippen molar-refractivity contribution in [2.24, 2.45) is 0 Å². The fraction of sp³-hybridized carbons (Fsp3) is 0.444. The molecular formula is C18H25N3O. The topological polar surface area (TPSA) is 49.2 Å². The lowest BCUT2D eigenvalue weighted by atomic mass is 10.2. The Morgan fingerprint density at radius 3 is 1.86 bits per heavy atom. The van der Waals surface area contributed by atoms with Crippen molar-refractivity contribution < 1.29 is 5.11 Å². The quantitative estimate of drug-likeness (QED) is 0.762. The van der Waals surface area contributed by atoms with Crippen molar-refractivity contribution in [3.05, 3.63) is 59.2 Å². The van der Waals surface area contributed by atoms with Gasteiger partial charge in [0, 0.05) is 31.1 Å². The number of unbranched alkanes of at least 4 members (excludes halogenated alkanes) is 1. The van der Waals surface area contributed by atoms with E-state index in [-0.39, 0.29) is 6.61 Å². The summed E-state index contributed by atoms with van der Waals surface area (Å²) in [7, 11) is 0. The van der Waals surface area contributed by atoms with Crippen LogP contribution in [-0.4, -0.2) is 33.1 Å². The van der Waals surface area contributed by atoms with Crippen molar-refractivity contribution >= 4 is 0 Å². The summed E-state index contributed by atoms with van der Waals surface area (Å²) in [6.07, 6.45) is 1.81. The zero-order valence-electron chi connectivity index (χ0n) is 13.5.